The zero-order chi connectivity index (χ0) is 22.6. The Labute approximate surface area is 189 Å². The van der Waals surface area contributed by atoms with Gasteiger partial charge in [-0.15, -0.1) is 17.9 Å². The van der Waals surface area contributed by atoms with E-state index in [9.17, 15) is 14.4 Å². The van der Waals surface area contributed by atoms with Crippen LogP contribution in [-0.4, -0.2) is 48.0 Å². The van der Waals surface area contributed by atoms with Crippen LogP contribution < -0.4 is 15.5 Å². The molecule has 0 radical (unpaired) electrons. The molecule has 3 rings (SSSR count). The number of nitrogens with one attached hydrogen (secondary N) is 2. The van der Waals surface area contributed by atoms with E-state index in [1.807, 2.05) is 11.0 Å². The number of carbonyl (C=O) groups excluding carboxylic acids is 3. The van der Waals surface area contributed by atoms with Crippen molar-refractivity contribution in [3.63, 3.8) is 0 Å². The van der Waals surface area contributed by atoms with Gasteiger partial charge in [0.15, 0.2) is 0 Å². The average molecular weight is 463 g/mol. The van der Waals surface area contributed by atoms with Gasteiger partial charge in [-0.1, -0.05) is 29.8 Å². The number of halogens is 1. The van der Waals surface area contributed by atoms with E-state index >= 15 is 0 Å². The zero-order valence-electron chi connectivity index (χ0n) is 17.2. The number of thiophene rings is 1. The van der Waals surface area contributed by atoms with E-state index in [2.05, 4.69) is 17.3 Å². The van der Waals surface area contributed by atoms with Crippen LogP contribution in [0.4, 0.5) is 4.79 Å². The number of nitrogens with zero attached hydrogens (tertiary/aromatic N) is 2. The van der Waals surface area contributed by atoms with E-state index in [0.29, 0.717) is 28.7 Å². The van der Waals surface area contributed by atoms with E-state index in [4.69, 9.17) is 16.3 Å². The van der Waals surface area contributed by atoms with Crippen molar-refractivity contribution >= 4 is 40.8 Å². The van der Waals surface area contributed by atoms with E-state index in [0.717, 1.165) is 9.89 Å². The van der Waals surface area contributed by atoms with Gasteiger partial charge in [0.25, 0.3) is 11.8 Å². The number of carbonyl (C=O) groups is 3. The summed E-state index contributed by atoms with van der Waals surface area (Å²) in [5, 5.41) is 3.37. The van der Waals surface area contributed by atoms with Crippen LogP contribution in [0.3, 0.4) is 0 Å². The number of hydrogen-bond donors (Lipinski definition) is 2. The number of ether oxygens (including phenoxy) is 1. The van der Waals surface area contributed by atoms with Crippen LogP contribution in [0.1, 0.15) is 17.4 Å². The number of hydrogen-bond acceptors (Lipinski definition) is 6. The largest absolute Gasteiger partial charge is 0.497 e. The van der Waals surface area contributed by atoms with Gasteiger partial charge < -0.3 is 10.1 Å². The molecule has 0 saturated carbocycles. The highest BCUT2D eigenvalue weighted by molar-refractivity contribution is 7.16. The smallest absolute Gasteiger partial charge is 0.344 e. The maximum atomic E-state index is 13.0. The Bertz CT molecular complexity index is 994. The first-order valence-electron chi connectivity index (χ1n) is 9.45. The van der Waals surface area contributed by atoms with Crippen LogP contribution in [0.5, 0.6) is 5.75 Å². The number of benzene rings is 1. The molecule has 164 valence electrons. The third kappa shape index (κ3) is 5.07. The second kappa shape index (κ2) is 9.51. The summed E-state index contributed by atoms with van der Waals surface area (Å²) in [6.07, 6.45) is 1.68. The fourth-order valence-electron chi connectivity index (χ4n) is 3.25. The molecule has 4 amide bonds. The predicted molar refractivity (Wildman–Crippen MR) is 119 cm³/mol. The molecule has 1 aliphatic heterocycles. The second-order valence-electron chi connectivity index (χ2n) is 7.12. The first kappa shape index (κ1) is 22.8. The fraction of sp³-hybridized carbons (Fsp3) is 0.286. The van der Waals surface area contributed by atoms with Gasteiger partial charge in [0.1, 0.15) is 11.3 Å². The molecule has 0 unspecified atom stereocenters. The minimum atomic E-state index is -1.30. The first-order valence-corrected chi connectivity index (χ1v) is 10.6. The molecule has 10 heteroatoms. The minimum Gasteiger partial charge on any atom is -0.497 e. The Morgan fingerprint density at radius 3 is 2.61 bits per heavy atom. The molecule has 2 N–H and O–H groups in total. The number of imide groups is 1. The van der Waals surface area contributed by atoms with Crippen LogP contribution >= 0.6 is 22.9 Å². The number of hydrazine groups is 1. The lowest BCUT2D eigenvalue weighted by Crippen LogP contribution is -2.50. The first-order chi connectivity index (χ1) is 14.8. The topological polar surface area (TPSA) is 91.0 Å². The van der Waals surface area contributed by atoms with E-state index < -0.39 is 23.4 Å². The van der Waals surface area contributed by atoms with Crippen molar-refractivity contribution in [2.75, 3.05) is 20.2 Å². The lowest BCUT2D eigenvalue weighted by molar-refractivity contribution is -0.139. The van der Waals surface area contributed by atoms with Crippen molar-refractivity contribution < 1.29 is 19.1 Å². The second-order valence-corrected chi connectivity index (χ2v) is 8.92. The van der Waals surface area contributed by atoms with Crippen LogP contribution in [-0.2, 0) is 21.7 Å². The number of rotatable bonds is 9. The summed E-state index contributed by atoms with van der Waals surface area (Å²) in [5.74, 6) is -0.438. The summed E-state index contributed by atoms with van der Waals surface area (Å²) in [6, 6.07) is 9.77. The van der Waals surface area contributed by atoms with Crippen molar-refractivity contribution in [1.82, 2.24) is 20.7 Å². The molecule has 8 nitrogen and oxygen atoms in total. The number of urea groups is 1. The molecule has 2 aromatic rings. The van der Waals surface area contributed by atoms with Gasteiger partial charge in [-0.2, -0.15) is 5.01 Å². The lowest BCUT2D eigenvalue weighted by Gasteiger charge is -2.23. The van der Waals surface area contributed by atoms with Crippen LogP contribution in [0, 0.1) is 0 Å². The van der Waals surface area contributed by atoms with Gasteiger partial charge in [0.2, 0.25) is 0 Å². The van der Waals surface area contributed by atoms with E-state index in [-0.39, 0.29) is 6.54 Å². The molecule has 1 atom stereocenters. The molecule has 1 fully saturated rings. The Morgan fingerprint density at radius 2 is 2.03 bits per heavy atom. The molecule has 31 heavy (non-hydrogen) atoms. The summed E-state index contributed by atoms with van der Waals surface area (Å²) in [6.45, 7) is 6.21. The Hall–Kier alpha value is -2.88. The maximum Gasteiger partial charge on any atom is 0.344 e. The molecule has 0 spiro atoms. The minimum absolute atomic E-state index is 0.0299. The highest BCUT2D eigenvalue weighted by Crippen LogP contribution is 2.29. The standard InChI is InChI=1S/C21H23ClN4O4S/c1-4-11-25(12-16-9-10-17(22)31-16)13-18(27)24-26-19(28)21(2,23-20(26)29)14-5-7-15(30-3)8-6-14/h4-10H,1,11-13H2,2-3H3,(H,23,29)(H,24,27)/t21-/m1/s1. The zero-order valence-corrected chi connectivity index (χ0v) is 18.8. The normalized spacial score (nSPS) is 18.3. The lowest BCUT2D eigenvalue weighted by atomic mass is 9.92. The Balaban J connectivity index is 1.67. The van der Waals surface area contributed by atoms with Crippen LogP contribution in [0.25, 0.3) is 0 Å². The van der Waals surface area contributed by atoms with Crippen molar-refractivity contribution in [2.45, 2.75) is 19.0 Å². The monoisotopic (exact) mass is 462 g/mol. The molecular weight excluding hydrogens is 440 g/mol. The highest BCUT2D eigenvalue weighted by atomic mass is 35.5. The third-order valence-corrected chi connectivity index (χ3v) is 6.07. The summed E-state index contributed by atoms with van der Waals surface area (Å²) in [4.78, 5) is 40.9. The van der Waals surface area contributed by atoms with E-state index in [1.54, 1.807) is 50.4 Å². The van der Waals surface area contributed by atoms with Crippen LogP contribution in [0.15, 0.2) is 49.1 Å². The summed E-state index contributed by atoms with van der Waals surface area (Å²) >= 11 is 7.39. The summed E-state index contributed by atoms with van der Waals surface area (Å²) in [7, 11) is 1.54. The predicted octanol–water partition coefficient (Wildman–Crippen LogP) is 2.90. The van der Waals surface area contributed by atoms with Gasteiger partial charge in [-0.3, -0.25) is 19.9 Å². The van der Waals surface area contributed by atoms with Gasteiger partial charge in [0.05, 0.1) is 18.0 Å². The van der Waals surface area contributed by atoms with Crippen molar-refractivity contribution in [3.8, 4) is 5.75 Å². The molecule has 1 aliphatic rings. The van der Waals surface area contributed by atoms with Crippen molar-refractivity contribution in [3.05, 3.63) is 63.8 Å². The highest BCUT2D eigenvalue weighted by Gasteiger charge is 2.50. The summed E-state index contributed by atoms with van der Waals surface area (Å²) < 4.78 is 5.79. The van der Waals surface area contributed by atoms with E-state index in [1.165, 1.54) is 11.3 Å². The van der Waals surface area contributed by atoms with Gasteiger partial charge in [-0.05, 0) is 36.8 Å². The molecule has 0 aliphatic carbocycles. The molecule has 2 heterocycles. The average Bonchev–Trinajstić information content (AvgIpc) is 3.24. The SMILES string of the molecule is C=CCN(CC(=O)NN1C(=O)N[C@](C)(c2ccc(OC)cc2)C1=O)Cc1ccc(Cl)s1. The third-order valence-electron chi connectivity index (χ3n) is 4.86. The fourth-order valence-corrected chi connectivity index (χ4v) is 4.38. The van der Waals surface area contributed by atoms with Crippen molar-refractivity contribution in [2.24, 2.45) is 0 Å². The molecule has 1 saturated heterocycles. The molecule has 1 aromatic carbocycles. The molecule has 1 aromatic heterocycles. The van der Waals surface area contributed by atoms with Crippen LogP contribution in [0.2, 0.25) is 4.34 Å². The maximum absolute atomic E-state index is 13.0. The van der Waals surface area contributed by atoms with Gasteiger partial charge in [0, 0.05) is 18.0 Å². The van der Waals surface area contributed by atoms with Crippen molar-refractivity contribution in [1.29, 1.82) is 0 Å². The number of methoxy groups -OCH3 is 1. The summed E-state index contributed by atoms with van der Waals surface area (Å²) in [5.41, 5.74) is 1.69. The Morgan fingerprint density at radius 1 is 1.32 bits per heavy atom. The van der Waals surface area contributed by atoms with Gasteiger partial charge in [-0.25, -0.2) is 4.79 Å². The van der Waals surface area contributed by atoms with Gasteiger partial charge >= 0.3 is 6.03 Å². The molecule has 0 bridgehead atoms. The molecular formula is C21H23ClN4O4S. The quantitative estimate of drug-likeness (QED) is 0.441. The number of amides is 4. The Kier molecular flexibility index (Phi) is 6.99.